The number of nitrogens with one attached hydrogen (secondary N) is 1. The Kier molecular flexibility index (Phi) is 3.50. The first-order chi connectivity index (χ1) is 10.2. The molecule has 4 nitrogen and oxygen atoms in total. The highest BCUT2D eigenvalue weighted by molar-refractivity contribution is 7.16. The number of hydrogen-bond acceptors (Lipinski definition) is 4. The van der Waals surface area contributed by atoms with Crippen LogP contribution in [0.5, 0.6) is 0 Å². The number of fused-ring (bicyclic) bond motifs is 1. The maximum Gasteiger partial charge on any atom is 0.260 e. The summed E-state index contributed by atoms with van der Waals surface area (Å²) in [6.07, 6.45) is 6.39. The summed E-state index contributed by atoms with van der Waals surface area (Å²) >= 11 is 1.45. The number of nitrogens with zero attached hydrogens (tertiary/aromatic N) is 1. The molecule has 0 radical (unpaired) electrons. The van der Waals surface area contributed by atoms with Crippen LogP contribution in [-0.4, -0.2) is 15.8 Å². The molecule has 0 aliphatic carbocycles. The normalized spacial score (nSPS) is 11.3. The second-order valence-electron chi connectivity index (χ2n) is 4.60. The van der Waals surface area contributed by atoms with Crippen molar-refractivity contribution in [1.29, 1.82) is 0 Å². The Morgan fingerprint density at radius 2 is 2.24 bits per heavy atom. The van der Waals surface area contributed by atoms with Gasteiger partial charge in [-0.05, 0) is 47.7 Å². The molecule has 3 aromatic rings. The summed E-state index contributed by atoms with van der Waals surface area (Å²) < 4.78 is 0. The van der Waals surface area contributed by atoms with Gasteiger partial charge in [0.2, 0.25) is 0 Å². The van der Waals surface area contributed by atoms with Crippen LogP contribution >= 0.6 is 11.3 Å². The number of pyridine rings is 2. The molecule has 0 saturated carbocycles. The Morgan fingerprint density at radius 1 is 1.38 bits per heavy atom. The highest BCUT2D eigenvalue weighted by atomic mass is 32.1. The summed E-state index contributed by atoms with van der Waals surface area (Å²) in [6, 6.07) is 5.54. The summed E-state index contributed by atoms with van der Waals surface area (Å²) in [6.45, 7) is 1.80. The monoisotopic (exact) mass is 296 g/mol. The molecule has 0 aromatic carbocycles. The SMILES string of the molecule is Cc1c(C(=O)/C=C/c2cccnc2)c(=O)[nH]c2sccc12. The number of thiophene rings is 1. The molecule has 0 aliphatic rings. The van der Waals surface area contributed by atoms with Gasteiger partial charge in [-0.2, -0.15) is 0 Å². The largest absolute Gasteiger partial charge is 0.313 e. The molecule has 1 N–H and O–H groups in total. The summed E-state index contributed by atoms with van der Waals surface area (Å²) in [5.74, 6) is -0.300. The van der Waals surface area contributed by atoms with Gasteiger partial charge in [0.05, 0.1) is 5.56 Å². The molecule has 0 saturated heterocycles. The molecule has 21 heavy (non-hydrogen) atoms. The van der Waals surface area contributed by atoms with E-state index in [9.17, 15) is 9.59 Å². The minimum Gasteiger partial charge on any atom is -0.313 e. The van der Waals surface area contributed by atoms with E-state index in [4.69, 9.17) is 0 Å². The zero-order valence-corrected chi connectivity index (χ0v) is 12.1. The lowest BCUT2D eigenvalue weighted by molar-refractivity contribution is 0.104. The maximum absolute atomic E-state index is 12.3. The van der Waals surface area contributed by atoms with E-state index in [0.29, 0.717) is 0 Å². The van der Waals surface area contributed by atoms with Crippen LogP contribution in [-0.2, 0) is 0 Å². The van der Waals surface area contributed by atoms with E-state index in [1.165, 1.54) is 17.4 Å². The van der Waals surface area contributed by atoms with Crippen molar-refractivity contribution in [3.8, 4) is 0 Å². The fraction of sp³-hybridized carbons (Fsp3) is 0.0625. The third-order valence-corrected chi connectivity index (χ3v) is 4.09. The van der Waals surface area contributed by atoms with Gasteiger partial charge in [0.15, 0.2) is 5.78 Å². The van der Waals surface area contributed by atoms with Crippen molar-refractivity contribution in [2.45, 2.75) is 6.92 Å². The minimum absolute atomic E-state index is 0.195. The molecule has 3 rings (SSSR count). The van der Waals surface area contributed by atoms with Crippen molar-refractivity contribution in [3.63, 3.8) is 0 Å². The number of allylic oxidation sites excluding steroid dienone is 1. The van der Waals surface area contributed by atoms with Gasteiger partial charge in [-0.15, -0.1) is 11.3 Å². The molecule has 104 valence electrons. The van der Waals surface area contributed by atoms with E-state index in [-0.39, 0.29) is 16.9 Å². The number of carbonyl (C=O) groups is 1. The van der Waals surface area contributed by atoms with Gasteiger partial charge in [0.1, 0.15) is 4.83 Å². The zero-order valence-electron chi connectivity index (χ0n) is 11.3. The van der Waals surface area contributed by atoms with Crippen LogP contribution in [0.2, 0.25) is 0 Å². The first-order valence-corrected chi connectivity index (χ1v) is 7.27. The number of aromatic nitrogens is 2. The Morgan fingerprint density at radius 3 is 3.00 bits per heavy atom. The van der Waals surface area contributed by atoms with E-state index in [1.54, 1.807) is 31.5 Å². The van der Waals surface area contributed by atoms with Gasteiger partial charge in [0.25, 0.3) is 5.56 Å². The van der Waals surface area contributed by atoms with Gasteiger partial charge in [0, 0.05) is 17.8 Å². The Balaban J connectivity index is 2.02. The second-order valence-corrected chi connectivity index (χ2v) is 5.52. The minimum atomic E-state index is -0.344. The lowest BCUT2D eigenvalue weighted by atomic mass is 10.0. The maximum atomic E-state index is 12.3. The summed E-state index contributed by atoms with van der Waals surface area (Å²) in [5, 5.41) is 2.81. The summed E-state index contributed by atoms with van der Waals surface area (Å²) in [4.78, 5) is 31.9. The molecule has 0 unspecified atom stereocenters. The third-order valence-electron chi connectivity index (χ3n) is 3.26. The van der Waals surface area contributed by atoms with Gasteiger partial charge in [-0.1, -0.05) is 6.07 Å². The van der Waals surface area contributed by atoms with Crippen molar-refractivity contribution in [2.75, 3.05) is 0 Å². The molecule has 0 bridgehead atoms. The predicted molar refractivity (Wildman–Crippen MR) is 84.8 cm³/mol. The fourth-order valence-electron chi connectivity index (χ4n) is 2.20. The van der Waals surface area contributed by atoms with Gasteiger partial charge >= 0.3 is 0 Å². The van der Waals surface area contributed by atoms with Crippen LogP contribution in [0.1, 0.15) is 21.5 Å². The lowest BCUT2D eigenvalue weighted by Crippen LogP contribution is -2.18. The van der Waals surface area contributed by atoms with Crippen LogP contribution in [0.3, 0.4) is 0 Å². The number of rotatable bonds is 3. The molecule has 3 aromatic heterocycles. The number of carbonyl (C=O) groups excluding carboxylic acids is 1. The average molecular weight is 296 g/mol. The van der Waals surface area contributed by atoms with E-state index in [2.05, 4.69) is 9.97 Å². The summed E-state index contributed by atoms with van der Waals surface area (Å²) in [5.41, 5.74) is 1.39. The van der Waals surface area contributed by atoms with Crippen LogP contribution in [0.15, 0.2) is 46.8 Å². The van der Waals surface area contributed by atoms with Crippen molar-refractivity contribution in [2.24, 2.45) is 0 Å². The second kappa shape index (κ2) is 5.46. The molecular formula is C16H12N2O2S. The lowest BCUT2D eigenvalue weighted by Gasteiger charge is -2.02. The van der Waals surface area contributed by atoms with Crippen LogP contribution < -0.4 is 5.56 Å². The summed E-state index contributed by atoms with van der Waals surface area (Å²) in [7, 11) is 0. The Hall–Kier alpha value is -2.53. The molecule has 0 atom stereocenters. The first kappa shape index (κ1) is 13.5. The topological polar surface area (TPSA) is 62.8 Å². The van der Waals surface area contributed by atoms with Gasteiger partial charge in [-0.3, -0.25) is 14.6 Å². The fourth-order valence-corrected chi connectivity index (χ4v) is 3.04. The van der Waals surface area contributed by atoms with Gasteiger partial charge in [-0.25, -0.2) is 0 Å². The van der Waals surface area contributed by atoms with Gasteiger partial charge < -0.3 is 4.98 Å². The molecular weight excluding hydrogens is 284 g/mol. The molecule has 0 fully saturated rings. The highest BCUT2D eigenvalue weighted by Gasteiger charge is 2.14. The standard InChI is InChI=1S/C16H12N2O2S/c1-10-12-6-8-21-16(12)18-15(20)14(10)13(19)5-4-11-3-2-7-17-9-11/h2-9H,1H3,(H,18,20)/b5-4+. The number of aromatic amines is 1. The molecule has 3 heterocycles. The van der Waals surface area contributed by atoms with E-state index in [1.807, 2.05) is 17.5 Å². The zero-order chi connectivity index (χ0) is 14.8. The van der Waals surface area contributed by atoms with Crippen molar-refractivity contribution in [3.05, 3.63) is 69.1 Å². The number of aryl methyl sites for hydroxylation is 1. The molecule has 0 aliphatic heterocycles. The number of hydrogen-bond donors (Lipinski definition) is 1. The third kappa shape index (κ3) is 2.55. The average Bonchev–Trinajstić information content (AvgIpc) is 2.94. The van der Waals surface area contributed by atoms with Crippen molar-refractivity contribution >= 4 is 33.4 Å². The van der Waals surface area contributed by atoms with Crippen molar-refractivity contribution < 1.29 is 4.79 Å². The molecule has 0 spiro atoms. The first-order valence-electron chi connectivity index (χ1n) is 6.39. The highest BCUT2D eigenvalue weighted by Crippen LogP contribution is 2.22. The quantitative estimate of drug-likeness (QED) is 0.596. The Bertz CT molecular complexity index is 892. The van der Waals surface area contributed by atoms with E-state index < -0.39 is 0 Å². The van der Waals surface area contributed by atoms with Crippen LogP contribution in [0.4, 0.5) is 0 Å². The smallest absolute Gasteiger partial charge is 0.260 e. The Labute approximate surface area is 124 Å². The van der Waals surface area contributed by atoms with Crippen molar-refractivity contribution in [1.82, 2.24) is 9.97 Å². The predicted octanol–water partition coefficient (Wildman–Crippen LogP) is 3.19. The van der Waals surface area contributed by atoms with E-state index >= 15 is 0 Å². The van der Waals surface area contributed by atoms with E-state index in [0.717, 1.165) is 21.3 Å². The molecule has 5 heteroatoms. The number of ketones is 1. The number of H-pyrrole nitrogens is 1. The van der Waals surface area contributed by atoms with Crippen LogP contribution in [0, 0.1) is 6.92 Å². The van der Waals surface area contributed by atoms with Crippen LogP contribution in [0.25, 0.3) is 16.3 Å². The molecule has 0 amide bonds.